The van der Waals surface area contributed by atoms with Crippen LogP contribution in [0.5, 0.6) is 0 Å². The Morgan fingerprint density at radius 1 is 1.22 bits per heavy atom. The number of nitrogens with one attached hydrogen (secondary N) is 1. The van der Waals surface area contributed by atoms with Crippen molar-refractivity contribution < 1.29 is 0 Å². The van der Waals surface area contributed by atoms with Gasteiger partial charge in [0.1, 0.15) is 0 Å². The summed E-state index contributed by atoms with van der Waals surface area (Å²) in [4.78, 5) is 0. The van der Waals surface area contributed by atoms with Crippen LogP contribution in [0.4, 0.5) is 0 Å². The molecule has 0 saturated carbocycles. The minimum absolute atomic E-state index is 0.557. The summed E-state index contributed by atoms with van der Waals surface area (Å²) in [5.41, 5.74) is 5.56. The van der Waals surface area contributed by atoms with Crippen LogP contribution in [0.2, 0.25) is 0 Å². The molecule has 0 saturated heterocycles. The third-order valence-corrected chi connectivity index (χ3v) is 3.71. The van der Waals surface area contributed by atoms with E-state index in [0.29, 0.717) is 6.04 Å². The predicted octanol–water partition coefficient (Wildman–Crippen LogP) is 3.34. The van der Waals surface area contributed by atoms with Crippen LogP contribution in [0, 0.1) is 13.8 Å². The molecule has 0 unspecified atom stereocenters. The quantitative estimate of drug-likeness (QED) is 0.873. The molecule has 0 aliphatic heterocycles. The molecule has 2 nitrogen and oxygen atoms in total. The largest absolute Gasteiger partial charge is 0.348 e. The molecule has 2 aromatic rings. The predicted molar refractivity (Wildman–Crippen MR) is 79.2 cm³/mol. The second kappa shape index (κ2) is 5.15. The van der Waals surface area contributed by atoms with Gasteiger partial charge < -0.3 is 9.88 Å². The number of nitrogens with zero attached hydrogens (tertiary/aromatic N) is 1. The van der Waals surface area contributed by atoms with Gasteiger partial charge in [-0.2, -0.15) is 0 Å². The third kappa shape index (κ3) is 2.44. The summed E-state index contributed by atoms with van der Waals surface area (Å²) in [6, 6.07) is 7.30. The first-order valence-electron chi connectivity index (χ1n) is 6.78. The molecule has 2 rings (SSSR count). The van der Waals surface area contributed by atoms with Crippen LogP contribution in [0.3, 0.4) is 0 Å². The summed E-state index contributed by atoms with van der Waals surface area (Å²) in [5.74, 6) is 0. The van der Waals surface area contributed by atoms with Gasteiger partial charge in [-0.15, -0.1) is 0 Å². The Bertz CT molecular complexity index is 550. The molecule has 0 atom stereocenters. The molecule has 1 N–H and O–H groups in total. The van der Waals surface area contributed by atoms with Gasteiger partial charge in [-0.3, -0.25) is 0 Å². The third-order valence-electron chi connectivity index (χ3n) is 3.71. The second-order valence-corrected chi connectivity index (χ2v) is 5.50. The second-order valence-electron chi connectivity index (χ2n) is 5.50. The molecule has 98 valence electrons. The van der Waals surface area contributed by atoms with Crippen molar-refractivity contribution in [1.29, 1.82) is 0 Å². The van der Waals surface area contributed by atoms with Crippen molar-refractivity contribution in [3.8, 4) is 0 Å². The van der Waals surface area contributed by atoms with Crippen LogP contribution in [-0.4, -0.2) is 17.2 Å². The van der Waals surface area contributed by atoms with Crippen LogP contribution in [-0.2, 0) is 13.5 Å². The van der Waals surface area contributed by atoms with Gasteiger partial charge >= 0.3 is 0 Å². The number of rotatable bonds is 4. The minimum atomic E-state index is 0.557. The van der Waals surface area contributed by atoms with Gasteiger partial charge in [0, 0.05) is 29.7 Å². The fraction of sp³-hybridized carbons (Fsp3) is 0.500. The zero-order valence-corrected chi connectivity index (χ0v) is 12.2. The summed E-state index contributed by atoms with van der Waals surface area (Å²) in [6.07, 6.45) is 1.10. The van der Waals surface area contributed by atoms with Crippen molar-refractivity contribution in [2.24, 2.45) is 7.05 Å². The monoisotopic (exact) mass is 244 g/mol. The molecular weight excluding hydrogens is 220 g/mol. The Balaban J connectivity index is 2.36. The zero-order chi connectivity index (χ0) is 13.3. The first-order chi connectivity index (χ1) is 8.50. The van der Waals surface area contributed by atoms with Gasteiger partial charge in [-0.1, -0.05) is 25.5 Å². The molecule has 0 radical (unpaired) electrons. The number of benzene rings is 1. The lowest BCUT2D eigenvalue weighted by atomic mass is 10.1. The van der Waals surface area contributed by atoms with E-state index in [1.165, 1.54) is 27.7 Å². The van der Waals surface area contributed by atoms with Crippen LogP contribution in [0.15, 0.2) is 18.2 Å². The lowest BCUT2D eigenvalue weighted by molar-refractivity contribution is 0.590. The maximum atomic E-state index is 3.50. The van der Waals surface area contributed by atoms with Gasteiger partial charge in [0.15, 0.2) is 0 Å². The molecule has 0 spiro atoms. The minimum Gasteiger partial charge on any atom is -0.348 e. The van der Waals surface area contributed by atoms with Crippen LogP contribution >= 0.6 is 0 Å². The van der Waals surface area contributed by atoms with Crippen molar-refractivity contribution in [3.63, 3.8) is 0 Å². The van der Waals surface area contributed by atoms with Crippen molar-refractivity contribution in [1.82, 2.24) is 9.88 Å². The van der Waals surface area contributed by atoms with E-state index in [-0.39, 0.29) is 0 Å². The topological polar surface area (TPSA) is 17.0 Å². The Hall–Kier alpha value is -1.28. The average molecular weight is 244 g/mol. The van der Waals surface area contributed by atoms with Crippen molar-refractivity contribution in [3.05, 3.63) is 35.0 Å². The first-order valence-corrected chi connectivity index (χ1v) is 6.78. The van der Waals surface area contributed by atoms with E-state index >= 15 is 0 Å². The average Bonchev–Trinajstić information content (AvgIpc) is 2.53. The van der Waals surface area contributed by atoms with Crippen molar-refractivity contribution >= 4 is 10.9 Å². The van der Waals surface area contributed by atoms with E-state index in [9.17, 15) is 0 Å². The summed E-state index contributed by atoms with van der Waals surface area (Å²) in [5, 5.41) is 4.92. The molecule has 0 aliphatic rings. The molecule has 0 amide bonds. The van der Waals surface area contributed by atoms with Gasteiger partial charge in [0.2, 0.25) is 0 Å². The van der Waals surface area contributed by atoms with E-state index in [4.69, 9.17) is 0 Å². The summed E-state index contributed by atoms with van der Waals surface area (Å²) < 4.78 is 2.31. The van der Waals surface area contributed by atoms with Crippen molar-refractivity contribution in [2.75, 3.05) is 6.54 Å². The van der Waals surface area contributed by atoms with E-state index in [1.54, 1.807) is 0 Å². The van der Waals surface area contributed by atoms with E-state index in [0.717, 1.165) is 13.0 Å². The van der Waals surface area contributed by atoms with Gasteiger partial charge in [0.05, 0.1) is 0 Å². The Morgan fingerprint density at radius 3 is 2.61 bits per heavy atom. The normalized spacial score (nSPS) is 11.7. The summed E-state index contributed by atoms with van der Waals surface area (Å²) in [6.45, 7) is 9.82. The Kier molecular flexibility index (Phi) is 3.76. The molecular formula is C16H24N2. The first kappa shape index (κ1) is 13.2. The number of aryl methyl sites for hydroxylation is 2. The molecule has 1 heterocycles. The van der Waals surface area contributed by atoms with Crippen LogP contribution < -0.4 is 5.32 Å². The maximum absolute atomic E-state index is 3.50. The molecule has 0 fully saturated rings. The SMILES string of the molecule is Cc1ccc2c(c1)c(CCNC(C)C)c(C)n2C. The highest BCUT2D eigenvalue weighted by atomic mass is 14.9. The van der Waals surface area contributed by atoms with Crippen molar-refractivity contribution in [2.45, 2.75) is 40.2 Å². The Morgan fingerprint density at radius 2 is 1.94 bits per heavy atom. The molecule has 1 aromatic heterocycles. The highest BCUT2D eigenvalue weighted by Gasteiger charge is 2.11. The highest BCUT2D eigenvalue weighted by molar-refractivity contribution is 5.86. The lowest BCUT2D eigenvalue weighted by Gasteiger charge is -2.08. The number of aromatic nitrogens is 1. The fourth-order valence-electron chi connectivity index (χ4n) is 2.56. The maximum Gasteiger partial charge on any atom is 0.0482 e. The van der Waals surface area contributed by atoms with Crippen LogP contribution in [0.25, 0.3) is 10.9 Å². The van der Waals surface area contributed by atoms with E-state index in [2.05, 4.69) is 62.8 Å². The smallest absolute Gasteiger partial charge is 0.0482 e. The van der Waals surface area contributed by atoms with Crippen LogP contribution in [0.1, 0.15) is 30.7 Å². The zero-order valence-electron chi connectivity index (χ0n) is 12.2. The molecule has 2 heteroatoms. The molecule has 0 aliphatic carbocycles. The lowest BCUT2D eigenvalue weighted by Crippen LogP contribution is -2.25. The number of hydrogen-bond acceptors (Lipinski definition) is 1. The molecule has 18 heavy (non-hydrogen) atoms. The number of fused-ring (bicyclic) bond motifs is 1. The fourth-order valence-corrected chi connectivity index (χ4v) is 2.56. The molecule has 0 bridgehead atoms. The van der Waals surface area contributed by atoms with Gasteiger partial charge in [-0.25, -0.2) is 0 Å². The Labute approximate surface area is 110 Å². The highest BCUT2D eigenvalue weighted by Crippen LogP contribution is 2.26. The van der Waals surface area contributed by atoms with Gasteiger partial charge in [0.25, 0.3) is 0 Å². The number of hydrogen-bond donors (Lipinski definition) is 1. The van der Waals surface area contributed by atoms with E-state index in [1.807, 2.05) is 0 Å². The van der Waals surface area contributed by atoms with E-state index < -0.39 is 0 Å². The van der Waals surface area contributed by atoms with Gasteiger partial charge in [-0.05, 0) is 44.5 Å². The standard InChI is InChI=1S/C16H24N2/c1-11(2)17-9-8-14-13(4)18(5)16-7-6-12(3)10-15(14)16/h6-7,10-11,17H,8-9H2,1-5H3. The molecule has 1 aromatic carbocycles. The summed E-state index contributed by atoms with van der Waals surface area (Å²) >= 11 is 0. The summed E-state index contributed by atoms with van der Waals surface area (Å²) in [7, 11) is 2.16.